The highest BCUT2D eigenvalue weighted by molar-refractivity contribution is 6.31. The summed E-state index contributed by atoms with van der Waals surface area (Å²) >= 11 is 6.15. The van der Waals surface area contributed by atoms with Crippen molar-refractivity contribution in [1.82, 2.24) is 0 Å². The summed E-state index contributed by atoms with van der Waals surface area (Å²) in [5.74, 6) is -0.539. The van der Waals surface area contributed by atoms with E-state index in [9.17, 15) is 9.59 Å². The van der Waals surface area contributed by atoms with E-state index >= 15 is 0 Å². The van der Waals surface area contributed by atoms with Gasteiger partial charge in [0.2, 0.25) is 11.8 Å². The van der Waals surface area contributed by atoms with Crippen LogP contribution in [0.3, 0.4) is 0 Å². The number of aryl methyl sites for hydroxylation is 1. The summed E-state index contributed by atoms with van der Waals surface area (Å²) in [4.78, 5) is 26.6. The molecule has 1 aliphatic heterocycles. The second-order valence-corrected chi connectivity index (χ2v) is 6.74. The van der Waals surface area contributed by atoms with E-state index < -0.39 is 0 Å². The van der Waals surface area contributed by atoms with Gasteiger partial charge in [-0.2, -0.15) is 0 Å². The number of halogens is 1. The highest BCUT2D eigenvalue weighted by atomic mass is 35.5. The predicted octanol–water partition coefficient (Wildman–Crippen LogP) is 4.20. The average Bonchev–Trinajstić information content (AvgIpc) is 3.00. The van der Waals surface area contributed by atoms with E-state index in [1.54, 1.807) is 11.0 Å². The average molecular weight is 357 g/mol. The molecule has 0 aromatic heterocycles. The smallest absolute Gasteiger partial charge is 0.229 e. The molecular formula is C20H21ClN2O2. The van der Waals surface area contributed by atoms with Gasteiger partial charge in [0.15, 0.2) is 0 Å². The Labute approximate surface area is 152 Å². The molecule has 1 saturated heterocycles. The lowest BCUT2D eigenvalue weighted by Gasteiger charge is -2.19. The number of rotatable bonds is 4. The highest BCUT2D eigenvalue weighted by Gasteiger charge is 2.35. The van der Waals surface area contributed by atoms with E-state index in [4.69, 9.17) is 11.6 Å². The third kappa shape index (κ3) is 3.69. The Kier molecular flexibility index (Phi) is 5.09. The van der Waals surface area contributed by atoms with Crippen LogP contribution in [-0.2, 0) is 16.0 Å². The molecule has 130 valence electrons. The summed E-state index contributed by atoms with van der Waals surface area (Å²) in [6, 6.07) is 13.3. The van der Waals surface area contributed by atoms with Crippen LogP contribution in [0.1, 0.15) is 24.5 Å². The molecule has 1 heterocycles. The fraction of sp³-hybridized carbons (Fsp3) is 0.300. The number of carbonyl (C=O) groups is 2. The van der Waals surface area contributed by atoms with Crippen molar-refractivity contribution >= 4 is 34.8 Å². The van der Waals surface area contributed by atoms with Crippen LogP contribution < -0.4 is 10.2 Å². The first-order valence-electron chi connectivity index (χ1n) is 8.45. The molecule has 2 aromatic rings. The Morgan fingerprint density at radius 1 is 1.24 bits per heavy atom. The van der Waals surface area contributed by atoms with Crippen LogP contribution in [0.4, 0.5) is 11.4 Å². The molecular weight excluding hydrogens is 336 g/mol. The maximum atomic E-state index is 12.5. The first-order chi connectivity index (χ1) is 12.0. The lowest BCUT2D eigenvalue weighted by molar-refractivity contribution is -0.122. The number of nitrogens with zero attached hydrogens (tertiary/aromatic N) is 1. The summed E-state index contributed by atoms with van der Waals surface area (Å²) in [6.45, 7) is 4.34. The minimum absolute atomic E-state index is 0.0492. The van der Waals surface area contributed by atoms with E-state index in [1.165, 1.54) is 5.56 Å². The van der Waals surface area contributed by atoms with Gasteiger partial charge in [-0.1, -0.05) is 36.7 Å². The number of hydrogen-bond acceptors (Lipinski definition) is 2. The second-order valence-electron chi connectivity index (χ2n) is 6.33. The van der Waals surface area contributed by atoms with Gasteiger partial charge < -0.3 is 10.2 Å². The first kappa shape index (κ1) is 17.5. The summed E-state index contributed by atoms with van der Waals surface area (Å²) in [5.41, 5.74) is 3.61. The summed E-state index contributed by atoms with van der Waals surface area (Å²) < 4.78 is 0. The van der Waals surface area contributed by atoms with Gasteiger partial charge in [0, 0.05) is 29.4 Å². The van der Waals surface area contributed by atoms with Gasteiger partial charge >= 0.3 is 0 Å². The first-order valence-corrected chi connectivity index (χ1v) is 8.82. The molecule has 0 radical (unpaired) electrons. The van der Waals surface area contributed by atoms with Gasteiger partial charge in [0.05, 0.1) is 5.92 Å². The Hall–Kier alpha value is -2.33. The third-order valence-electron chi connectivity index (χ3n) is 4.66. The number of carbonyl (C=O) groups excluding carboxylic acids is 2. The molecule has 1 aliphatic rings. The SMILES string of the molecule is CCc1ccc(NC(=O)[C@@H]2CC(=O)N(c3cccc(Cl)c3C)C2)cc1. The third-order valence-corrected chi connectivity index (χ3v) is 5.06. The summed E-state index contributed by atoms with van der Waals surface area (Å²) in [5, 5.41) is 3.53. The number of amides is 2. The second kappa shape index (κ2) is 7.28. The van der Waals surface area contributed by atoms with Gasteiger partial charge in [-0.15, -0.1) is 0 Å². The number of benzene rings is 2. The monoisotopic (exact) mass is 356 g/mol. The molecule has 0 spiro atoms. The van der Waals surface area contributed by atoms with Crippen molar-refractivity contribution in [1.29, 1.82) is 0 Å². The minimum atomic E-state index is -0.364. The Morgan fingerprint density at radius 2 is 1.96 bits per heavy atom. The van der Waals surface area contributed by atoms with Crippen molar-refractivity contribution in [3.05, 3.63) is 58.6 Å². The van der Waals surface area contributed by atoms with Crippen molar-refractivity contribution in [2.75, 3.05) is 16.8 Å². The molecule has 2 amide bonds. The van der Waals surface area contributed by atoms with Crippen LogP contribution in [-0.4, -0.2) is 18.4 Å². The molecule has 1 fully saturated rings. The van der Waals surface area contributed by atoms with E-state index in [-0.39, 0.29) is 24.2 Å². The lowest BCUT2D eigenvalue weighted by Crippen LogP contribution is -2.28. The van der Waals surface area contributed by atoms with Crippen molar-refractivity contribution in [2.24, 2.45) is 5.92 Å². The maximum Gasteiger partial charge on any atom is 0.229 e. The van der Waals surface area contributed by atoms with Crippen LogP contribution in [0.25, 0.3) is 0 Å². The molecule has 4 nitrogen and oxygen atoms in total. The van der Waals surface area contributed by atoms with Crippen molar-refractivity contribution in [2.45, 2.75) is 26.7 Å². The fourth-order valence-corrected chi connectivity index (χ4v) is 3.24. The molecule has 0 saturated carbocycles. The number of hydrogen-bond donors (Lipinski definition) is 1. The van der Waals surface area contributed by atoms with E-state index in [0.717, 1.165) is 23.4 Å². The maximum absolute atomic E-state index is 12.5. The molecule has 5 heteroatoms. The van der Waals surface area contributed by atoms with E-state index in [2.05, 4.69) is 12.2 Å². The van der Waals surface area contributed by atoms with Crippen molar-refractivity contribution < 1.29 is 9.59 Å². The van der Waals surface area contributed by atoms with Crippen LogP contribution in [0.2, 0.25) is 5.02 Å². The van der Waals surface area contributed by atoms with Gasteiger partial charge in [-0.25, -0.2) is 0 Å². The normalized spacial score (nSPS) is 17.0. The lowest BCUT2D eigenvalue weighted by atomic mass is 10.1. The molecule has 0 unspecified atom stereocenters. The van der Waals surface area contributed by atoms with Gasteiger partial charge in [0.1, 0.15) is 0 Å². The molecule has 0 aliphatic carbocycles. The van der Waals surface area contributed by atoms with E-state index in [0.29, 0.717) is 11.6 Å². The van der Waals surface area contributed by atoms with Crippen molar-refractivity contribution in [3.8, 4) is 0 Å². The Bertz CT molecular complexity index is 802. The van der Waals surface area contributed by atoms with Gasteiger partial charge in [-0.05, 0) is 48.7 Å². The van der Waals surface area contributed by atoms with Crippen LogP contribution >= 0.6 is 11.6 Å². The van der Waals surface area contributed by atoms with Gasteiger partial charge in [0.25, 0.3) is 0 Å². The molecule has 1 atom stereocenters. The summed E-state index contributed by atoms with van der Waals surface area (Å²) in [6.07, 6.45) is 1.17. The topological polar surface area (TPSA) is 49.4 Å². The Morgan fingerprint density at radius 3 is 2.64 bits per heavy atom. The minimum Gasteiger partial charge on any atom is -0.326 e. The molecule has 0 bridgehead atoms. The van der Waals surface area contributed by atoms with Crippen molar-refractivity contribution in [3.63, 3.8) is 0 Å². The van der Waals surface area contributed by atoms with Gasteiger partial charge in [-0.3, -0.25) is 9.59 Å². The highest BCUT2D eigenvalue weighted by Crippen LogP contribution is 2.31. The largest absolute Gasteiger partial charge is 0.326 e. The molecule has 1 N–H and O–H groups in total. The van der Waals surface area contributed by atoms with Crippen LogP contribution in [0, 0.1) is 12.8 Å². The van der Waals surface area contributed by atoms with E-state index in [1.807, 2.05) is 43.3 Å². The fourth-order valence-electron chi connectivity index (χ4n) is 3.07. The number of anilines is 2. The zero-order valence-electron chi connectivity index (χ0n) is 14.4. The standard InChI is InChI=1S/C20H21ClN2O2/c1-3-14-7-9-16(10-8-14)22-20(25)15-11-19(24)23(12-15)18-6-4-5-17(21)13(18)2/h4-10,15H,3,11-12H2,1-2H3,(H,22,25)/t15-/m1/s1. The molecule has 25 heavy (non-hydrogen) atoms. The van der Waals surface area contributed by atoms with Crippen LogP contribution in [0.5, 0.6) is 0 Å². The number of nitrogens with one attached hydrogen (secondary N) is 1. The molecule has 3 rings (SSSR count). The predicted molar refractivity (Wildman–Crippen MR) is 101 cm³/mol. The Balaban J connectivity index is 1.71. The zero-order valence-corrected chi connectivity index (χ0v) is 15.1. The quantitative estimate of drug-likeness (QED) is 0.892. The zero-order chi connectivity index (χ0) is 18.0. The molecule has 2 aromatic carbocycles. The van der Waals surface area contributed by atoms with Crippen LogP contribution in [0.15, 0.2) is 42.5 Å². The summed E-state index contributed by atoms with van der Waals surface area (Å²) in [7, 11) is 0.